The van der Waals surface area contributed by atoms with Crippen molar-refractivity contribution in [3.05, 3.63) is 0 Å². The third kappa shape index (κ3) is 5.40. The van der Waals surface area contributed by atoms with Gasteiger partial charge in [-0.05, 0) is 20.3 Å². The van der Waals surface area contributed by atoms with Crippen LogP contribution in [0.3, 0.4) is 0 Å². The second kappa shape index (κ2) is 6.36. The summed E-state index contributed by atoms with van der Waals surface area (Å²) in [5.41, 5.74) is -1.53. The van der Waals surface area contributed by atoms with Crippen LogP contribution < -0.4 is 0 Å². The Morgan fingerprint density at radius 3 is 2.53 bits per heavy atom. The zero-order valence-corrected chi connectivity index (χ0v) is 10.2. The van der Waals surface area contributed by atoms with Crippen molar-refractivity contribution in [3.8, 4) is 0 Å². The van der Waals surface area contributed by atoms with Gasteiger partial charge >= 0.3 is 8.25 Å². The first kappa shape index (κ1) is 14.8. The predicted octanol–water partition coefficient (Wildman–Crippen LogP) is 2.26. The topological polar surface area (TPSA) is 63.6 Å². The number of carbonyl (C=O) groups is 1. The van der Waals surface area contributed by atoms with Crippen molar-refractivity contribution in [2.24, 2.45) is 0 Å². The molecule has 0 aliphatic rings. The number of carbonyl (C=O) groups excluding carboxylic acids is 1. The Morgan fingerprint density at radius 1 is 1.60 bits per heavy atom. The van der Waals surface area contributed by atoms with Crippen molar-refractivity contribution in [2.75, 3.05) is 0 Å². The molecule has 0 heterocycles. The lowest BCUT2D eigenvalue weighted by Crippen LogP contribution is -2.39. The SMILES string of the molecule is CCCCC(F)C(=O)C(C)(C)O[PH](=O)O. The molecule has 0 fully saturated rings. The summed E-state index contributed by atoms with van der Waals surface area (Å²) in [5.74, 6) is -0.775. The van der Waals surface area contributed by atoms with Crippen LogP contribution in [0.2, 0.25) is 0 Å². The zero-order chi connectivity index (χ0) is 12.1. The fraction of sp³-hybridized carbons (Fsp3) is 0.889. The molecule has 0 aromatic rings. The maximum Gasteiger partial charge on any atom is 0.317 e. The number of Topliss-reactive ketones (excluding diaryl/α,β-unsaturated/α-hetero) is 1. The minimum atomic E-state index is -3.23. The van der Waals surface area contributed by atoms with Crippen LogP contribution in [0.1, 0.15) is 40.0 Å². The molecule has 0 aliphatic heterocycles. The Kier molecular flexibility index (Phi) is 6.25. The van der Waals surface area contributed by atoms with E-state index in [0.717, 1.165) is 6.42 Å². The second-order valence-electron chi connectivity index (χ2n) is 3.85. The van der Waals surface area contributed by atoms with Gasteiger partial charge in [0.15, 0.2) is 12.0 Å². The third-order valence-electron chi connectivity index (χ3n) is 2.03. The average molecular weight is 240 g/mol. The van der Waals surface area contributed by atoms with Crippen LogP contribution in [0.25, 0.3) is 0 Å². The van der Waals surface area contributed by atoms with E-state index in [-0.39, 0.29) is 6.42 Å². The highest BCUT2D eigenvalue weighted by Crippen LogP contribution is 2.28. The average Bonchev–Trinajstić information content (AvgIpc) is 2.10. The maximum absolute atomic E-state index is 13.3. The summed E-state index contributed by atoms with van der Waals surface area (Å²) in [6.45, 7) is 4.49. The molecule has 0 rings (SSSR count). The molecular formula is C9H18FO4P. The van der Waals surface area contributed by atoms with Crippen LogP contribution in [0, 0.1) is 0 Å². The molecular weight excluding hydrogens is 222 g/mol. The van der Waals surface area contributed by atoms with E-state index < -0.39 is 25.8 Å². The molecule has 90 valence electrons. The summed E-state index contributed by atoms with van der Waals surface area (Å²) in [6.07, 6.45) is -0.0847. The van der Waals surface area contributed by atoms with E-state index in [9.17, 15) is 13.8 Å². The van der Waals surface area contributed by atoms with Gasteiger partial charge < -0.3 is 4.89 Å². The van der Waals surface area contributed by atoms with E-state index in [0.29, 0.717) is 6.42 Å². The van der Waals surface area contributed by atoms with Gasteiger partial charge in [0.1, 0.15) is 5.60 Å². The molecule has 15 heavy (non-hydrogen) atoms. The molecule has 0 radical (unpaired) electrons. The van der Waals surface area contributed by atoms with E-state index in [4.69, 9.17) is 4.89 Å². The lowest BCUT2D eigenvalue weighted by molar-refractivity contribution is -0.137. The summed E-state index contributed by atoms with van der Waals surface area (Å²) < 4.78 is 28.3. The van der Waals surface area contributed by atoms with E-state index in [1.165, 1.54) is 13.8 Å². The van der Waals surface area contributed by atoms with Crippen LogP contribution in [0.4, 0.5) is 4.39 Å². The molecule has 0 aromatic carbocycles. The Balaban J connectivity index is 4.33. The van der Waals surface area contributed by atoms with Crippen molar-refractivity contribution >= 4 is 14.0 Å². The molecule has 0 bridgehead atoms. The second-order valence-corrected chi connectivity index (χ2v) is 4.59. The van der Waals surface area contributed by atoms with Crippen molar-refractivity contribution in [1.82, 2.24) is 0 Å². The summed E-state index contributed by atoms with van der Waals surface area (Å²) in [5, 5.41) is 0. The van der Waals surface area contributed by atoms with Crippen LogP contribution >= 0.6 is 8.25 Å². The molecule has 0 saturated heterocycles. The summed E-state index contributed by atoms with van der Waals surface area (Å²) in [7, 11) is -3.23. The first-order valence-electron chi connectivity index (χ1n) is 4.91. The summed E-state index contributed by atoms with van der Waals surface area (Å²) in [4.78, 5) is 20.0. The zero-order valence-electron chi connectivity index (χ0n) is 9.25. The third-order valence-corrected chi connectivity index (χ3v) is 2.72. The van der Waals surface area contributed by atoms with E-state index in [1.54, 1.807) is 0 Å². The van der Waals surface area contributed by atoms with E-state index in [2.05, 4.69) is 4.52 Å². The van der Waals surface area contributed by atoms with Crippen molar-refractivity contribution < 1.29 is 23.2 Å². The molecule has 0 aromatic heterocycles. The molecule has 0 spiro atoms. The molecule has 4 nitrogen and oxygen atoms in total. The molecule has 0 aliphatic carbocycles. The number of halogens is 1. The van der Waals surface area contributed by atoms with Gasteiger partial charge in [0.05, 0.1) is 0 Å². The first-order valence-corrected chi connectivity index (χ1v) is 6.18. The number of alkyl halides is 1. The van der Waals surface area contributed by atoms with Crippen LogP contribution in [0.15, 0.2) is 0 Å². The van der Waals surface area contributed by atoms with Crippen LogP contribution in [-0.4, -0.2) is 22.4 Å². The molecule has 0 saturated carbocycles. The van der Waals surface area contributed by atoms with Crippen LogP contribution in [-0.2, 0) is 13.9 Å². The number of hydrogen-bond donors (Lipinski definition) is 1. The lowest BCUT2D eigenvalue weighted by Gasteiger charge is -2.23. The Morgan fingerprint density at radius 2 is 2.13 bits per heavy atom. The monoisotopic (exact) mass is 240 g/mol. The lowest BCUT2D eigenvalue weighted by atomic mass is 9.97. The maximum atomic E-state index is 13.3. The normalized spacial score (nSPS) is 16.1. The fourth-order valence-electron chi connectivity index (χ4n) is 1.16. The van der Waals surface area contributed by atoms with Gasteiger partial charge in [0.2, 0.25) is 0 Å². The van der Waals surface area contributed by atoms with E-state index >= 15 is 0 Å². The molecule has 0 amide bonds. The highest BCUT2D eigenvalue weighted by atomic mass is 31.1. The van der Waals surface area contributed by atoms with Gasteiger partial charge in [-0.25, -0.2) is 4.39 Å². The Hall–Kier alpha value is -0.250. The van der Waals surface area contributed by atoms with Gasteiger partial charge in [-0.1, -0.05) is 19.8 Å². The highest BCUT2D eigenvalue weighted by Gasteiger charge is 2.35. The first-order chi connectivity index (χ1) is 6.81. The van der Waals surface area contributed by atoms with Gasteiger partial charge in [-0.15, -0.1) is 0 Å². The minimum Gasteiger partial charge on any atom is -0.326 e. The van der Waals surface area contributed by atoms with Gasteiger partial charge in [-0.2, -0.15) is 0 Å². The largest absolute Gasteiger partial charge is 0.326 e. The summed E-state index contributed by atoms with van der Waals surface area (Å²) >= 11 is 0. The Bertz CT molecular complexity index is 242. The van der Waals surface area contributed by atoms with Gasteiger partial charge in [0.25, 0.3) is 0 Å². The minimum absolute atomic E-state index is 0.133. The predicted molar refractivity (Wildman–Crippen MR) is 55.8 cm³/mol. The van der Waals surface area contributed by atoms with E-state index in [1.807, 2.05) is 6.92 Å². The number of ketones is 1. The molecule has 1 N–H and O–H groups in total. The quantitative estimate of drug-likeness (QED) is 0.693. The van der Waals surface area contributed by atoms with Gasteiger partial charge in [-0.3, -0.25) is 13.9 Å². The molecule has 2 atom stereocenters. The van der Waals surface area contributed by atoms with Crippen molar-refractivity contribution in [1.29, 1.82) is 0 Å². The smallest absolute Gasteiger partial charge is 0.317 e. The molecule has 2 unspecified atom stereocenters. The van der Waals surface area contributed by atoms with Crippen molar-refractivity contribution in [3.63, 3.8) is 0 Å². The number of hydrogen-bond acceptors (Lipinski definition) is 3. The molecule has 6 heteroatoms. The Labute approximate surface area is 89.8 Å². The van der Waals surface area contributed by atoms with Gasteiger partial charge in [0, 0.05) is 0 Å². The van der Waals surface area contributed by atoms with Crippen molar-refractivity contribution in [2.45, 2.75) is 51.8 Å². The summed E-state index contributed by atoms with van der Waals surface area (Å²) in [6, 6.07) is 0. The van der Waals surface area contributed by atoms with Crippen LogP contribution in [0.5, 0.6) is 0 Å². The fourth-order valence-corrected chi connectivity index (χ4v) is 1.70. The number of rotatable bonds is 7. The standard InChI is InChI=1S/C9H18FO4P/c1-4-5-6-7(10)8(11)9(2,3)14-15(12)13/h7,15H,4-6H2,1-3H3,(H,12,13). The number of unbranched alkanes of at least 4 members (excludes halogenated alkanes) is 1. The highest BCUT2D eigenvalue weighted by molar-refractivity contribution is 7.32.